The molecule has 0 fully saturated rings. The molecule has 0 radical (unpaired) electrons. The second-order valence-electron chi connectivity index (χ2n) is 6.27. The quantitative estimate of drug-likeness (QED) is 0.537. The monoisotopic (exact) mass is 330 g/mol. The number of carbonyl (C=O) groups excluding carboxylic acids is 2. The average molecular weight is 330 g/mol. The van der Waals surface area contributed by atoms with Crippen molar-refractivity contribution in [2.45, 2.75) is 59.5 Å². The number of rotatable bonds is 13. The van der Waals surface area contributed by atoms with E-state index < -0.39 is 6.10 Å². The molecule has 0 aliphatic heterocycles. The van der Waals surface area contributed by atoms with Crippen molar-refractivity contribution in [2.24, 2.45) is 5.92 Å². The molecular formula is C17H34N2O4. The van der Waals surface area contributed by atoms with Crippen molar-refractivity contribution < 1.29 is 19.4 Å². The van der Waals surface area contributed by atoms with Gasteiger partial charge in [-0.2, -0.15) is 0 Å². The lowest BCUT2D eigenvalue weighted by Gasteiger charge is -2.21. The summed E-state index contributed by atoms with van der Waals surface area (Å²) in [5.41, 5.74) is 0. The molecule has 0 aliphatic rings. The Balaban J connectivity index is 3.90. The summed E-state index contributed by atoms with van der Waals surface area (Å²) < 4.78 is 5.31. The summed E-state index contributed by atoms with van der Waals surface area (Å²) in [7, 11) is 0. The summed E-state index contributed by atoms with van der Waals surface area (Å²) in [5, 5.41) is 12.3. The van der Waals surface area contributed by atoms with Crippen LogP contribution < -0.4 is 5.32 Å². The maximum absolute atomic E-state index is 12.0. The summed E-state index contributed by atoms with van der Waals surface area (Å²) in [6, 6.07) is 0. The molecule has 23 heavy (non-hydrogen) atoms. The highest BCUT2D eigenvalue weighted by Crippen LogP contribution is 2.01. The molecule has 136 valence electrons. The molecule has 0 spiro atoms. The molecule has 0 aliphatic carbocycles. The van der Waals surface area contributed by atoms with E-state index in [1.54, 1.807) is 0 Å². The molecule has 0 heterocycles. The molecule has 0 rings (SSSR count). The van der Waals surface area contributed by atoms with Gasteiger partial charge in [-0.1, -0.05) is 27.7 Å². The van der Waals surface area contributed by atoms with Gasteiger partial charge in [0.1, 0.15) is 0 Å². The SMILES string of the molecule is CCCN(CCC)C(=O)CCC(=O)NCC(O)COCC(C)C. The van der Waals surface area contributed by atoms with Crippen LogP contribution in [0.2, 0.25) is 0 Å². The van der Waals surface area contributed by atoms with Gasteiger partial charge in [-0.3, -0.25) is 9.59 Å². The van der Waals surface area contributed by atoms with Crippen LogP contribution in [0.4, 0.5) is 0 Å². The van der Waals surface area contributed by atoms with Crippen LogP contribution in [-0.2, 0) is 14.3 Å². The van der Waals surface area contributed by atoms with Gasteiger partial charge in [0.2, 0.25) is 11.8 Å². The number of nitrogens with one attached hydrogen (secondary N) is 1. The van der Waals surface area contributed by atoms with E-state index in [1.807, 2.05) is 32.6 Å². The summed E-state index contributed by atoms with van der Waals surface area (Å²) in [6.07, 6.45) is 1.49. The standard InChI is InChI=1S/C17H34N2O4/c1-5-9-19(10-6-2)17(22)8-7-16(21)18-11-15(20)13-23-12-14(3)4/h14-15,20H,5-13H2,1-4H3,(H,18,21). The minimum atomic E-state index is -0.718. The lowest BCUT2D eigenvalue weighted by Crippen LogP contribution is -2.36. The van der Waals surface area contributed by atoms with Gasteiger partial charge in [-0.15, -0.1) is 0 Å². The predicted molar refractivity (Wildman–Crippen MR) is 91.1 cm³/mol. The zero-order valence-electron chi connectivity index (χ0n) is 15.1. The molecule has 6 nitrogen and oxygen atoms in total. The number of hydrogen-bond donors (Lipinski definition) is 2. The van der Waals surface area contributed by atoms with Gasteiger partial charge in [-0.25, -0.2) is 0 Å². The first-order chi connectivity index (χ1) is 10.9. The Bertz CT molecular complexity index is 329. The molecule has 2 N–H and O–H groups in total. The molecular weight excluding hydrogens is 296 g/mol. The lowest BCUT2D eigenvalue weighted by atomic mass is 10.2. The number of aliphatic hydroxyl groups excluding tert-OH is 1. The van der Waals surface area contributed by atoms with Crippen LogP contribution in [0.3, 0.4) is 0 Å². The first-order valence-electron chi connectivity index (χ1n) is 8.70. The Morgan fingerprint density at radius 2 is 1.70 bits per heavy atom. The number of nitrogens with zero attached hydrogens (tertiary/aromatic N) is 1. The molecule has 0 saturated heterocycles. The summed E-state index contributed by atoms with van der Waals surface area (Å²) >= 11 is 0. The van der Waals surface area contributed by atoms with Gasteiger partial charge >= 0.3 is 0 Å². The van der Waals surface area contributed by atoms with Crippen molar-refractivity contribution >= 4 is 11.8 Å². The number of amides is 2. The van der Waals surface area contributed by atoms with Crippen molar-refractivity contribution in [1.29, 1.82) is 0 Å². The molecule has 0 aromatic rings. The number of aliphatic hydroxyl groups is 1. The zero-order valence-corrected chi connectivity index (χ0v) is 15.1. The largest absolute Gasteiger partial charge is 0.389 e. The Morgan fingerprint density at radius 3 is 2.22 bits per heavy atom. The summed E-state index contributed by atoms with van der Waals surface area (Å²) in [5.74, 6) is 0.218. The molecule has 1 unspecified atom stereocenters. The Labute approximate surface area is 140 Å². The lowest BCUT2D eigenvalue weighted by molar-refractivity contribution is -0.133. The fourth-order valence-electron chi connectivity index (χ4n) is 2.10. The number of ether oxygens (including phenoxy) is 1. The third-order valence-electron chi connectivity index (χ3n) is 3.20. The fraction of sp³-hybridized carbons (Fsp3) is 0.882. The number of carbonyl (C=O) groups is 2. The van der Waals surface area contributed by atoms with Gasteiger partial charge in [-0.05, 0) is 18.8 Å². The summed E-state index contributed by atoms with van der Waals surface area (Å²) in [6.45, 7) is 10.6. The van der Waals surface area contributed by atoms with E-state index in [1.165, 1.54) is 0 Å². The van der Waals surface area contributed by atoms with Gasteiger partial charge in [0.15, 0.2) is 0 Å². The van der Waals surface area contributed by atoms with Crippen LogP contribution in [0, 0.1) is 5.92 Å². The second kappa shape index (κ2) is 13.3. The first kappa shape index (κ1) is 21.9. The van der Waals surface area contributed by atoms with Crippen molar-refractivity contribution in [3.63, 3.8) is 0 Å². The third kappa shape index (κ3) is 12.0. The molecule has 0 aromatic carbocycles. The molecule has 0 saturated carbocycles. The second-order valence-corrected chi connectivity index (χ2v) is 6.27. The van der Waals surface area contributed by atoms with E-state index in [2.05, 4.69) is 5.32 Å². The molecule has 0 bridgehead atoms. The van der Waals surface area contributed by atoms with Crippen molar-refractivity contribution in [1.82, 2.24) is 10.2 Å². The maximum atomic E-state index is 12.0. The van der Waals surface area contributed by atoms with Crippen LogP contribution in [0.15, 0.2) is 0 Å². The van der Waals surface area contributed by atoms with E-state index in [-0.39, 0.29) is 37.8 Å². The van der Waals surface area contributed by atoms with Crippen LogP contribution in [-0.4, -0.2) is 60.8 Å². The Morgan fingerprint density at radius 1 is 1.09 bits per heavy atom. The van der Waals surface area contributed by atoms with Crippen molar-refractivity contribution in [2.75, 3.05) is 32.8 Å². The fourth-order valence-corrected chi connectivity index (χ4v) is 2.10. The minimum Gasteiger partial charge on any atom is -0.389 e. The molecule has 0 aromatic heterocycles. The molecule has 1 atom stereocenters. The molecule has 2 amide bonds. The summed E-state index contributed by atoms with van der Waals surface area (Å²) in [4.78, 5) is 25.6. The van der Waals surface area contributed by atoms with E-state index in [0.717, 1.165) is 25.9 Å². The first-order valence-corrected chi connectivity index (χ1v) is 8.70. The van der Waals surface area contributed by atoms with Crippen molar-refractivity contribution in [3.05, 3.63) is 0 Å². The smallest absolute Gasteiger partial charge is 0.223 e. The number of hydrogen-bond acceptors (Lipinski definition) is 4. The highest BCUT2D eigenvalue weighted by atomic mass is 16.5. The van der Waals surface area contributed by atoms with E-state index >= 15 is 0 Å². The van der Waals surface area contributed by atoms with Gasteiger partial charge < -0.3 is 20.1 Å². The normalized spacial score (nSPS) is 12.3. The Hall–Kier alpha value is -1.14. The van der Waals surface area contributed by atoms with Crippen LogP contribution in [0.1, 0.15) is 53.4 Å². The van der Waals surface area contributed by atoms with E-state index in [4.69, 9.17) is 4.74 Å². The topological polar surface area (TPSA) is 78.9 Å². The predicted octanol–water partition coefficient (Wildman–Crippen LogP) is 1.56. The maximum Gasteiger partial charge on any atom is 0.223 e. The highest BCUT2D eigenvalue weighted by Gasteiger charge is 2.14. The highest BCUT2D eigenvalue weighted by molar-refractivity contribution is 5.83. The van der Waals surface area contributed by atoms with Gasteiger partial charge in [0.05, 0.1) is 12.7 Å². The minimum absolute atomic E-state index is 0.0182. The van der Waals surface area contributed by atoms with Crippen molar-refractivity contribution in [3.8, 4) is 0 Å². The van der Waals surface area contributed by atoms with Crippen LogP contribution in [0.5, 0.6) is 0 Å². The van der Waals surface area contributed by atoms with E-state index in [9.17, 15) is 14.7 Å². The Kier molecular flexibility index (Phi) is 12.7. The average Bonchev–Trinajstić information content (AvgIpc) is 2.50. The van der Waals surface area contributed by atoms with Gasteiger partial charge in [0.25, 0.3) is 0 Å². The van der Waals surface area contributed by atoms with E-state index in [0.29, 0.717) is 12.5 Å². The zero-order chi connectivity index (χ0) is 17.7. The van der Waals surface area contributed by atoms with Gasteiger partial charge in [0, 0.05) is 39.1 Å². The van der Waals surface area contributed by atoms with Crippen LogP contribution >= 0.6 is 0 Å². The third-order valence-corrected chi connectivity index (χ3v) is 3.20. The van der Waals surface area contributed by atoms with Crippen LogP contribution in [0.25, 0.3) is 0 Å². The molecule has 6 heteroatoms.